The van der Waals surface area contributed by atoms with Crippen molar-refractivity contribution in [2.45, 2.75) is 24.4 Å². The summed E-state index contributed by atoms with van der Waals surface area (Å²) < 4.78 is 0. The van der Waals surface area contributed by atoms with Crippen LogP contribution in [0, 0.1) is 0 Å². The van der Waals surface area contributed by atoms with E-state index in [1.807, 2.05) is 0 Å². The molecular formula is C9H15NO6. The zero-order valence-corrected chi connectivity index (χ0v) is 8.48. The summed E-state index contributed by atoms with van der Waals surface area (Å²) >= 11 is 0. The second-order valence-electron chi connectivity index (χ2n) is 3.16. The highest BCUT2D eigenvalue weighted by Gasteiger charge is 2.34. The quantitative estimate of drug-likeness (QED) is 0.229. The fourth-order valence-electron chi connectivity index (χ4n) is 0.914. The van der Waals surface area contributed by atoms with Crippen LogP contribution in [0.3, 0.4) is 0 Å². The Morgan fingerprint density at radius 1 is 1.25 bits per heavy atom. The molecule has 0 rings (SSSR count). The van der Waals surface area contributed by atoms with Crippen molar-refractivity contribution < 1.29 is 30.0 Å². The molecule has 0 aliphatic rings. The first-order valence-corrected chi connectivity index (χ1v) is 4.47. The van der Waals surface area contributed by atoms with Gasteiger partial charge in [0, 0.05) is 0 Å². The van der Waals surface area contributed by atoms with Crippen LogP contribution in [0.5, 0.6) is 0 Å². The number of ketones is 2. The average molecular weight is 233 g/mol. The van der Waals surface area contributed by atoms with Crippen molar-refractivity contribution in [2.75, 3.05) is 6.61 Å². The minimum atomic E-state index is -1.97. The van der Waals surface area contributed by atoms with E-state index in [9.17, 15) is 9.59 Å². The average Bonchev–Trinajstić information content (AvgIpc) is 2.32. The molecular weight excluding hydrogens is 218 g/mol. The molecule has 0 heterocycles. The summed E-state index contributed by atoms with van der Waals surface area (Å²) in [5.41, 5.74) is 5.17. The molecule has 92 valence electrons. The Morgan fingerprint density at radius 3 is 2.12 bits per heavy atom. The molecule has 1 unspecified atom stereocenters. The first-order chi connectivity index (χ1) is 7.36. The monoisotopic (exact) mass is 233 g/mol. The van der Waals surface area contributed by atoms with Crippen LogP contribution in [0.25, 0.3) is 0 Å². The van der Waals surface area contributed by atoms with Gasteiger partial charge in [0.25, 0.3) is 0 Å². The number of Topliss-reactive ketones (excluding diaryl/α,β-unsaturated/α-hetero) is 2. The van der Waals surface area contributed by atoms with Crippen molar-refractivity contribution in [2.24, 2.45) is 5.73 Å². The van der Waals surface area contributed by atoms with Gasteiger partial charge in [-0.15, -0.1) is 6.58 Å². The van der Waals surface area contributed by atoms with Crippen LogP contribution in [0.4, 0.5) is 0 Å². The molecule has 0 spiro atoms. The lowest BCUT2D eigenvalue weighted by atomic mass is 9.98. The molecule has 6 N–H and O–H groups in total. The number of aliphatic hydroxyl groups is 4. The van der Waals surface area contributed by atoms with E-state index in [1.165, 1.54) is 0 Å². The third-order valence-corrected chi connectivity index (χ3v) is 1.97. The highest BCUT2D eigenvalue weighted by atomic mass is 16.4. The standard InChI is InChI=1S/C9H15NO6/c1-2-4(12)7(14)6(10)9(16)8(15)5(13)3-11/h2,4-6,8,11-13,15H,1,3,10H2/t4?,5-,6+,8-/m1/s1. The van der Waals surface area contributed by atoms with Gasteiger partial charge in [0.05, 0.1) is 6.61 Å². The van der Waals surface area contributed by atoms with Crippen LogP contribution in [0.2, 0.25) is 0 Å². The van der Waals surface area contributed by atoms with Gasteiger partial charge in [-0.3, -0.25) is 9.59 Å². The minimum absolute atomic E-state index is 0.849. The topological polar surface area (TPSA) is 141 Å². The summed E-state index contributed by atoms with van der Waals surface area (Å²) in [4.78, 5) is 22.5. The van der Waals surface area contributed by atoms with E-state index in [1.54, 1.807) is 0 Å². The van der Waals surface area contributed by atoms with Crippen LogP contribution in [-0.2, 0) is 9.59 Å². The van der Waals surface area contributed by atoms with Crippen LogP contribution >= 0.6 is 0 Å². The van der Waals surface area contributed by atoms with Crippen molar-refractivity contribution in [3.63, 3.8) is 0 Å². The zero-order chi connectivity index (χ0) is 12.9. The van der Waals surface area contributed by atoms with Gasteiger partial charge in [0.1, 0.15) is 24.4 Å². The highest BCUT2D eigenvalue weighted by Crippen LogP contribution is 2.01. The lowest BCUT2D eigenvalue weighted by Gasteiger charge is -2.18. The van der Waals surface area contributed by atoms with Gasteiger partial charge in [0.15, 0.2) is 11.6 Å². The van der Waals surface area contributed by atoms with E-state index in [4.69, 9.17) is 26.2 Å². The van der Waals surface area contributed by atoms with Gasteiger partial charge in [-0.1, -0.05) is 6.08 Å². The Balaban J connectivity index is 4.61. The normalized spacial score (nSPS) is 18.3. The fourth-order valence-corrected chi connectivity index (χ4v) is 0.914. The second kappa shape index (κ2) is 6.46. The lowest BCUT2D eigenvalue weighted by Crippen LogP contribution is -2.51. The van der Waals surface area contributed by atoms with Crippen molar-refractivity contribution in [1.29, 1.82) is 0 Å². The third-order valence-electron chi connectivity index (χ3n) is 1.97. The molecule has 0 amide bonds. The maximum atomic E-state index is 11.3. The largest absolute Gasteiger partial charge is 0.394 e. The molecule has 16 heavy (non-hydrogen) atoms. The Hall–Kier alpha value is -1.12. The van der Waals surface area contributed by atoms with Gasteiger partial charge < -0.3 is 26.2 Å². The van der Waals surface area contributed by atoms with Gasteiger partial charge in [-0.25, -0.2) is 0 Å². The predicted octanol–water partition coefficient (Wildman–Crippen LogP) is -3.29. The molecule has 0 aromatic rings. The summed E-state index contributed by atoms with van der Waals surface area (Å²) in [6.07, 6.45) is -4.42. The van der Waals surface area contributed by atoms with E-state index in [2.05, 4.69) is 6.58 Å². The molecule has 0 aliphatic heterocycles. The van der Waals surface area contributed by atoms with Gasteiger partial charge in [-0.2, -0.15) is 0 Å². The Bertz CT molecular complexity index is 279. The number of hydrogen-bond acceptors (Lipinski definition) is 7. The molecule has 7 heteroatoms. The van der Waals surface area contributed by atoms with Crippen molar-refractivity contribution in [3.05, 3.63) is 12.7 Å². The first kappa shape index (κ1) is 14.9. The number of hydrogen-bond donors (Lipinski definition) is 5. The van der Waals surface area contributed by atoms with E-state index in [0.29, 0.717) is 0 Å². The second-order valence-corrected chi connectivity index (χ2v) is 3.16. The smallest absolute Gasteiger partial charge is 0.189 e. The van der Waals surface area contributed by atoms with E-state index < -0.39 is 42.5 Å². The molecule has 0 aromatic heterocycles. The molecule has 7 nitrogen and oxygen atoms in total. The zero-order valence-electron chi connectivity index (χ0n) is 8.48. The summed E-state index contributed by atoms with van der Waals surface area (Å²) in [7, 11) is 0. The molecule has 0 aromatic carbocycles. The van der Waals surface area contributed by atoms with Crippen molar-refractivity contribution >= 4 is 11.6 Å². The maximum absolute atomic E-state index is 11.3. The Kier molecular flexibility index (Phi) is 6.01. The molecule has 0 saturated carbocycles. The van der Waals surface area contributed by atoms with Crippen molar-refractivity contribution in [1.82, 2.24) is 0 Å². The molecule has 0 radical (unpaired) electrons. The van der Waals surface area contributed by atoms with Crippen LogP contribution in [0.15, 0.2) is 12.7 Å². The summed E-state index contributed by atoms with van der Waals surface area (Å²) in [5, 5.41) is 35.6. The van der Waals surface area contributed by atoms with E-state index in [-0.39, 0.29) is 0 Å². The fraction of sp³-hybridized carbons (Fsp3) is 0.556. The molecule has 0 aliphatic carbocycles. The molecule has 0 bridgehead atoms. The first-order valence-electron chi connectivity index (χ1n) is 4.47. The van der Waals surface area contributed by atoms with Crippen LogP contribution < -0.4 is 5.73 Å². The number of rotatable bonds is 7. The maximum Gasteiger partial charge on any atom is 0.189 e. The highest BCUT2D eigenvalue weighted by molar-refractivity contribution is 6.10. The minimum Gasteiger partial charge on any atom is -0.394 e. The van der Waals surface area contributed by atoms with Gasteiger partial charge >= 0.3 is 0 Å². The molecule has 4 atom stereocenters. The Morgan fingerprint density at radius 2 is 1.75 bits per heavy atom. The lowest BCUT2D eigenvalue weighted by molar-refractivity contribution is -0.141. The molecule has 0 fully saturated rings. The predicted molar refractivity (Wildman–Crippen MR) is 53.3 cm³/mol. The molecule has 0 saturated heterocycles. The number of nitrogens with two attached hydrogens (primary N) is 1. The number of carbonyl (C=O) groups is 2. The number of carbonyl (C=O) groups excluding carboxylic acids is 2. The summed E-state index contributed by atoms with van der Waals surface area (Å²) in [6, 6.07) is -1.77. The SMILES string of the molecule is C=CC(O)C(=O)[C@H](N)C(=O)[C@H](O)[C@H](O)CO. The van der Waals surface area contributed by atoms with Gasteiger partial charge in [-0.05, 0) is 0 Å². The van der Waals surface area contributed by atoms with Crippen LogP contribution in [-0.4, -0.2) is 63.0 Å². The Labute approximate surface area is 91.8 Å². The number of aliphatic hydroxyl groups excluding tert-OH is 4. The van der Waals surface area contributed by atoms with Crippen LogP contribution in [0.1, 0.15) is 0 Å². The summed E-state index contributed by atoms with van der Waals surface area (Å²) in [6.45, 7) is 2.28. The van der Waals surface area contributed by atoms with E-state index >= 15 is 0 Å². The summed E-state index contributed by atoms with van der Waals surface area (Å²) in [5.74, 6) is -2.21. The van der Waals surface area contributed by atoms with E-state index in [0.717, 1.165) is 6.08 Å². The third kappa shape index (κ3) is 3.47. The van der Waals surface area contributed by atoms with Gasteiger partial charge in [0.2, 0.25) is 0 Å². The van der Waals surface area contributed by atoms with Crippen molar-refractivity contribution in [3.8, 4) is 0 Å².